The number of anilines is 2. The summed E-state index contributed by atoms with van der Waals surface area (Å²) >= 11 is 1.31. The van der Waals surface area contributed by atoms with E-state index in [0.29, 0.717) is 61.4 Å². The van der Waals surface area contributed by atoms with E-state index < -0.39 is 10.0 Å². The van der Waals surface area contributed by atoms with Gasteiger partial charge in [0.05, 0.1) is 21.2 Å². The molecule has 2 aliphatic rings. The molecule has 0 unspecified atom stereocenters. The van der Waals surface area contributed by atoms with Gasteiger partial charge < -0.3 is 15.1 Å². The number of nitrogens with two attached hydrogens (primary N) is 1. The van der Waals surface area contributed by atoms with Crippen molar-refractivity contribution in [2.75, 3.05) is 31.5 Å². The minimum absolute atomic E-state index is 0.0129. The number of benzene rings is 1. The van der Waals surface area contributed by atoms with Crippen molar-refractivity contribution in [1.29, 1.82) is 0 Å². The number of amides is 2. The maximum absolute atomic E-state index is 13.1. The Morgan fingerprint density at radius 2 is 1.83 bits per heavy atom. The zero-order valence-electron chi connectivity index (χ0n) is 18.9. The normalized spacial score (nSPS) is 15.4. The first kappa shape index (κ1) is 23.3. The van der Waals surface area contributed by atoms with E-state index in [9.17, 15) is 18.0 Å². The van der Waals surface area contributed by atoms with Crippen LogP contribution in [0.15, 0.2) is 35.4 Å². The average molecular weight is 514 g/mol. The Labute approximate surface area is 206 Å². The van der Waals surface area contributed by atoms with E-state index in [2.05, 4.69) is 20.3 Å². The van der Waals surface area contributed by atoms with Gasteiger partial charge in [0.25, 0.3) is 5.91 Å². The van der Waals surface area contributed by atoms with Gasteiger partial charge in [0, 0.05) is 45.0 Å². The number of nitrogens with one attached hydrogen (secondary N) is 1. The van der Waals surface area contributed by atoms with E-state index in [-0.39, 0.29) is 16.7 Å². The van der Waals surface area contributed by atoms with Gasteiger partial charge in [0.15, 0.2) is 5.01 Å². The molecule has 0 spiro atoms. The SMILES string of the molecule is CC(=O)N1CCN(C(=O)c2nc3c(s2)-c2nc(Nc4cccc(S(N)(=O)=O)c4)ncc2CC3)CC1. The van der Waals surface area contributed by atoms with Gasteiger partial charge in [0.2, 0.25) is 21.9 Å². The second-order valence-electron chi connectivity index (χ2n) is 8.36. The molecule has 182 valence electrons. The summed E-state index contributed by atoms with van der Waals surface area (Å²) in [5.74, 6) is 0.171. The predicted octanol–water partition coefficient (Wildman–Crippen LogP) is 1.39. The van der Waals surface area contributed by atoms with E-state index in [1.165, 1.54) is 30.4 Å². The first-order valence-corrected chi connectivity index (χ1v) is 13.4. The first-order chi connectivity index (χ1) is 16.7. The van der Waals surface area contributed by atoms with Crippen LogP contribution in [0.4, 0.5) is 11.6 Å². The van der Waals surface area contributed by atoms with Crippen LogP contribution in [0.1, 0.15) is 28.0 Å². The van der Waals surface area contributed by atoms with Crippen molar-refractivity contribution < 1.29 is 18.0 Å². The number of carbonyl (C=O) groups is 2. The molecule has 2 aromatic heterocycles. The number of carbonyl (C=O) groups excluding carboxylic acids is 2. The molecule has 1 fully saturated rings. The molecule has 5 rings (SSSR count). The van der Waals surface area contributed by atoms with Crippen molar-refractivity contribution >= 4 is 44.8 Å². The molecule has 13 heteroatoms. The minimum Gasteiger partial charge on any atom is -0.339 e. The molecule has 0 radical (unpaired) electrons. The largest absolute Gasteiger partial charge is 0.339 e. The Bertz CT molecular complexity index is 1430. The number of sulfonamides is 1. The van der Waals surface area contributed by atoms with Crippen LogP contribution in [-0.2, 0) is 27.7 Å². The van der Waals surface area contributed by atoms with Crippen molar-refractivity contribution in [2.45, 2.75) is 24.7 Å². The smallest absolute Gasteiger partial charge is 0.282 e. The van der Waals surface area contributed by atoms with Crippen LogP contribution < -0.4 is 10.5 Å². The molecule has 3 aromatic rings. The lowest BCUT2D eigenvalue weighted by Gasteiger charge is -2.33. The van der Waals surface area contributed by atoms with Crippen LogP contribution in [0.25, 0.3) is 10.6 Å². The van der Waals surface area contributed by atoms with E-state index in [0.717, 1.165) is 16.1 Å². The van der Waals surface area contributed by atoms with Crippen LogP contribution in [0.3, 0.4) is 0 Å². The topological polar surface area (TPSA) is 151 Å². The number of hydrogen-bond acceptors (Lipinski definition) is 9. The molecule has 2 amide bonds. The first-order valence-electron chi connectivity index (χ1n) is 11.0. The maximum Gasteiger partial charge on any atom is 0.282 e. The van der Waals surface area contributed by atoms with Gasteiger partial charge >= 0.3 is 0 Å². The van der Waals surface area contributed by atoms with Crippen LogP contribution in [0.5, 0.6) is 0 Å². The molecular formula is C22H23N7O4S2. The number of nitrogens with zero attached hydrogens (tertiary/aromatic N) is 5. The maximum atomic E-state index is 13.1. The van der Waals surface area contributed by atoms with Crippen molar-refractivity contribution in [3.63, 3.8) is 0 Å². The van der Waals surface area contributed by atoms with E-state index in [4.69, 9.17) is 5.14 Å². The van der Waals surface area contributed by atoms with Gasteiger partial charge in [-0.1, -0.05) is 6.07 Å². The standard InChI is InChI=1S/C22H23N7O4S2/c1-13(30)28-7-9-29(10-8-28)21(31)20-26-17-6-5-14-12-24-22(27-18(14)19(17)34-20)25-15-3-2-4-16(11-15)35(23,32)33/h2-4,11-12H,5-10H2,1H3,(H2,23,32,33)(H,24,25,27). The second-order valence-corrected chi connectivity index (χ2v) is 10.9. The van der Waals surface area contributed by atoms with E-state index in [1.54, 1.807) is 28.1 Å². The van der Waals surface area contributed by atoms with Crippen LogP contribution in [0.2, 0.25) is 0 Å². The van der Waals surface area contributed by atoms with Gasteiger partial charge in [-0.25, -0.2) is 28.5 Å². The Morgan fingerprint density at radius 1 is 1.09 bits per heavy atom. The lowest BCUT2D eigenvalue weighted by atomic mass is 10.00. The lowest BCUT2D eigenvalue weighted by molar-refractivity contribution is -0.130. The fourth-order valence-corrected chi connectivity index (χ4v) is 5.80. The molecule has 35 heavy (non-hydrogen) atoms. The number of hydrogen-bond donors (Lipinski definition) is 2. The van der Waals surface area contributed by atoms with Gasteiger partial charge in [-0.3, -0.25) is 9.59 Å². The Hall–Kier alpha value is -3.42. The van der Waals surface area contributed by atoms with Crippen LogP contribution in [-0.4, -0.2) is 71.2 Å². The number of thiazole rings is 1. The summed E-state index contributed by atoms with van der Waals surface area (Å²) in [6.45, 7) is 3.53. The number of fused-ring (bicyclic) bond motifs is 3. The number of aromatic nitrogens is 3. The van der Waals surface area contributed by atoms with Crippen molar-refractivity contribution in [3.8, 4) is 10.6 Å². The highest BCUT2D eigenvalue weighted by Crippen LogP contribution is 2.37. The van der Waals surface area contributed by atoms with Crippen molar-refractivity contribution in [2.24, 2.45) is 5.14 Å². The number of piperazine rings is 1. The number of aryl methyl sites for hydroxylation is 2. The Balaban J connectivity index is 1.38. The number of primary sulfonamides is 1. The van der Waals surface area contributed by atoms with Gasteiger partial charge in [-0.15, -0.1) is 11.3 Å². The average Bonchev–Trinajstić information content (AvgIpc) is 3.28. The molecule has 1 aliphatic heterocycles. The van der Waals surface area contributed by atoms with Crippen LogP contribution in [0, 0.1) is 0 Å². The van der Waals surface area contributed by atoms with Gasteiger partial charge in [-0.2, -0.15) is 0 Å². The molecule has 0 saturated carbocycles. The summed E-state index contributed by atoms with van der Waals surface area (Å²) in [6.07, 6.45) is 3.13. The van der Waals surface area contributed by atoms with Crippen molar-refractivity contribution in [3.05, 3.63) is 46.7 Å². The summed E-state index contributed by atoms with van der Waals surface area (Å²) in [6, 6.07) is 6.10. The summed E-state index contributed by atoms with van der Waals surface area (Å²) in [5, 5.41) is 8.66. The molecular weight excluding hydrogens is 490 g/mol. The molecule has 1 saturated heterocycles. The molecule has 1 aliphatic carbocycles. The third-order valence-electron chi connectivity index (χ3n) is 6.02. The number of rotatable bonds is 4. The molecule has 3 N–H and O–H groups in total. The van der Waals surface area contributed by atoms with Crippen molar-refractivity contribution in [1.82, 2.24) is 24.8 Å². The Kier molecular flexibility index (Phi) is 5.99. The molecule has 3 heterocycles. The van der Waals surface area contributed by atoms with Gasteiger partial charge in [-0.05, 0) is 36.6 Å². The summed E-state index contributed by atoms with van der Waals surface area (Å²) in [4.78, 5) is 42.6. The molecule has 1 aromatic carbocycles. The fourth-order valence-electron chi connectivity index (χ4n) is 4.14. The highest BCUT2D eigenvalue weighted by atomic mass is 32.2. The van der Waals surface area contributed by atoms with E-state index >= 15 is 0 Å². The fraction of sp³-hybridized carbons (Fsp3) is 0.318. The lowest BCUT2D eigenvalue weighted by Crippen LogP contribution is -2.50. The third-order valence-corrected chi connectivity index (χ3v) is 8.03. The highest BCUT2D eigenvalue weighted by Gasteiger charge is 2.29. The summed E-state index contributed by atoms with van der Waals surface area (Å²) in [5.41, 5.74) is 2.98. The van der Waals surface area contributed by atoms with Gasteiger partial charge in [0.1, 0.15) is 0 Å². The predicted molar refractivity (Wildman–Crippen MR) is 130 cm³/mol. The molecule has 0 atom stereocenters. The Morgan fingerprint density at radius 3 is 2.54 bits per heavy atom. The summed E-state index contributed by atoms with van der Waals surface area (Å²) in [7, 11) is -3.84. The third kappa shape index (κ3) is 4.74. The zero-order valence-corrected chi connectivity index (χ0v) is 20.5. The molecule has 0 bridgehead atoms. The second kappa shape index (κ2) is 8.98. The zero-order chi connectivity index (χ0) is 24.7. The van der Waals surface area contributed by atoms with E-state index in [1.807, 2.05) is 0 Å². The molecule has 11 nitrogen and oxygen atoms in total. The highest BCUT2D eigenvalue weighted by molar-refractivity contribution is 7.89. The monoisotopic (exact) mass is 513 g/mol. The summed E-state index contributed by atoms with van der Waals surface area (Å²) < 4.78 is 23.3. The quantitative estimate of drug-likeness (QED) is 0.531. The minimum atomic E-state index is -3.84. The van der Waals surface area contributed by atoms with Crippen LogP contribution >= 0.6 is 11.3 Å².